The van der Waals surface area contributed by atoms with Gasteiger partial charge in [0.1, 0.15) is 29.7 Å². The number of hydrogen-bond acceptors (Lipinski definition) is 6. The first-order chi connectivity index (χ1) is 17.5. The van der Waals surface area contributed by atoms with Crippen LogP contribution in [0, 0.1) is 6.92 Å². The molecule has 0 bridgehead atoms. The minimum Gasteiger partial charge on any atom is -0.497 e. The summed E-state index contributed by atoms with van der Waals surface area (Å²) in [5.41, 5.74) is 4.78. The number of carbonyl (C=O) groups is 1. The van der Waals surface area contributed by atoms with Gasteiger partial charge in [0, 0.05) is 37.3 Å². The Morgan fingerprint density at radius 3 is 2.69 bits per heavy atom. The summed E-state index contributed by atoms with van der Waals surface area (Å²) in [5.74, 6) is 0.768. The van der Waals surface area contributed by atoms with E-state index in [-0.39, 0.29) is 6.10 Å². The van der Waals surface area contributed by atoms with E-state index < -0.39 is 11.5 Å². The van der Waals surface area contributed by atoms with Crippen LogP contribution in [0.3, 0.4) is 0 Å². The summed E-state index contributed by atoms with van der Waals surface area (Å²) < 4.78 is 23.1. The van der Waals surface area contributed by atoms with Gasteiger partial charge < -0.3 is 29.4 Å². The zero-order valence-corrected chi connectivity index (χ0v) is 20.6. The fourth-order valence-electron chi connectivity index (χ4n) is 4.94. The van der Waals surface area contributed by atoms with Crippen LogP contribution in [0.2, 0.25) is 0 Å². The number of rotatable bonds is 8. The Morgan fingerprint density at radius 2 is 1.92 bits per heavy atom. The molecule has 0 aromatic heterocycles. The van der Waals surface area contributed by atoms with Gasteiger partial charge >= 0.3 is 5.97 Å². The number of carboxylic acids is 1. The molecule has 188 valence electrons. The van der Waals surface area contributed by atoms with Gasteiger partial charge in [-0.1, -0.05) is 30.3 Å². The molecule has 0 spiro atoms. The molecule has 3 aromatic rings. The third-order valence-corrected chi connectivity index (χ3v) is 6.94. The van der Waals surface area contributed by atoms with E-state index in [0.29, 0.717) is 39.3 Å². The van der Waals surface area contributed by atoms with Gasteiger partial charge in [-0.3, -0.25) is 0 Å². The van der Waals surface area contributed by atoms with Gasteiger partial charge in [-0.25, -0.2) is 4.79 Å². The second-order valence-electron chi connectivity index (χ2n) is 9.38. The summed E-state index contributed by atoms with van der Waals surface area (Å²) >= 11 is 0. The number of benzene rings is 3. The van der Waals surface area contributed by atoms with Crippen molar-refractivity contribution in [2.45, 2.75) is 38.0 Å². The molecule has 0 amide bonds. The van der Waals surface area contributed by atoms with Gasteiger partial charge in [0.2, 0.25) is 0 Å². The highest BCUT2D eigenvalue weighted by Crippen LogP contribution is 2.37. The maximum Gasteiger partial charge on any atom is 0.329 e. The Bertz CT molecular complexity index is 1250. The highest BCUT2D eigenvalue weighted by Gasteiger charge is 2.40. The maximum atomic E-state index is 12.2. The molecule has 2 aliphatic rings. The molecule has 7 nitrogen and oxygen atoms in total. The number of anilines is 1. The molecule has 3 aromatic carbocycles. The second kappa shape index (κ2) is 10.2. The highest BCUT2D eigenvalue weighted by atomic mass is 16.5. The van der Waals surface area contributed by atoms with E-state index in [4.69, 9.17) is 18.9 Å². The third-order valence-electron chi connectivity index (χ3n) is 6.94. The molecule has 36 heavy (non-hydrogen) atoms. The summed E-state index contributed by atoms with van der Waals surface area (Å²) in [6.07, 6.45) is 0.640. The molecule has 1 atom stereocenters. The summed E-state index contributed by atoms with van der Waals surface area (Å²) in [6.45, 7) is 3.67. The minimum absolute atomic E-state index is 0.168. The summed E-state index contributed by atoms with van der Waals surface area (Å²) in [6, 6.07) is 20.0. The third kappa shape index (κ3) is 4.90. The lowest BCUT2D eigenvalue weighted by Gasteiger charge is -2.35. The number of nitrogens with one attached hydrogen (secondary N) is 1. The number of hydrogen-bond donors (Lipinski definition) is 2. The first-order valence-electron chi connectivity index (χ1n) is 12.2. The monoisotopic (exact) mass is 489 g/mol. The zero-order valence-electron chi connectivity index (χ0n) is 20.6. The number of ether oxygens (including phenoxy) is 4. The predicted molar refractivity (Wildman–Crippen MR) is 137 cm³/mol. The number of fused-ring (bicyclic) bond motifs is 1. The van der Waals surface area contributed by atoms with Crippen molar-refractivity contribution in [3.63, 3.8) is 0 Å². The molecule has 2 heterocycles. The standard InChI is InChI=1S/C29H31NO6/c1-19-13-20(16-23(14-19)33-2)24-8-7-22(30-29(28(31)32)9-11-34-12-10-29)15-21(24)17-35-27-18-36-26-6-4-3-5-25(26)27/h3-8,13-16,27,30H,9-12,17-18H2,1-2H3,(H,31,32). The Kier molecular flexibility index (Phi) is 6.85. The van der Waals surface area contributed by atoms with Gasteiger partial charge in [-0.05, 0) is 59.5 Å². The molecule has 0 saturated carbocycles. The van der Waals surface area contributed by atoms with Crippen LogP contribution in [0.15, 0.2) is 60.7 Å². The Hall–Kier alpha value is -3.55. The zero-order chi connectivity index (χ0) is 25.1. The first kappa shape index (κ1) is 24.2. The summed E-state index contributed by atoms with van der Waals surface area (Å²) in [5, 5.41) is 13.3. The van der Waals surface area contributed by atoms with Crippen molar-refractivity contribution in [1.82, 2.24) is 0 Å². The van der Waals surface area contributed by atoms with Gasteiger partial charge in [0.15, 0.2) is 0 Å². The average molecular weight is 490 g/mol. The Morgan fingerprint density at radius 1 is 1.11 bits per heavy atom. The van der Waals surface area contributed by atoms with E-state index in [1.54, 1.807) is 7.11 Å². The first-order valence-corrected chi connectivity index (χ1v) is 12.2. The number of aryl methyl sites for hydroxylation is 1. The van der Waals surface area contributed by atoms with Crippen LogP contribution < -0.4 is 14.8 Å². The van der Waals surface area contributed by atoms with Crippen LogP contribution in [0.4, 0.5) is 5.69 Å². The lowest BCUT2D eigenvalue weighted by atomic mass is 9.89. The van der Waals surface area contributed by atoms with Crippen molar-refractivity contribution < 1.29 is 28.8 Å². The van der Waals surface area contributed by atoms with Crippen molar-refractivity contribution in [3.05, 3.63) is 77.4 Å². The lowest BCUT2D eigenvalue weighted by Crippen LogP contribution is -2.50. The fraction of sp³-hybridized carbons (Fsp3) is 0.345. The topological polar surface area (TPSA) is 86.3 Å². The molecular weight excluding hydrogens is 458 g/mol. The van der Waals surface area contributed by atoms with E-state index >= 15 is 0 Å². The molecular formula is C29H31NO6. The van der Waals surface area contributed by atoms with Gasteiger partial charge in [0.05, 0.1) is 13.7 Å². The van der Waals surface area contributed by atoms with Crippen molar-refractivity contribution in [2.75, 3.05) is 32.2 Å². The van der Waals surface area contributed by atoms with Gasteiger partial charge in [-0.15, -0.1) is 0 Å². The normalized spacial score (nSPS) is 18.2. The SMILES string of the molecule is COc1cc(C)cc(-c2ccc(NC3(C(=O)O)CCOCC3)cc2COC2COc3ccccc32)c1. The van der Waals surface area contributed by atoms with Crippen LogP contribution in [0.5, 0.6) is 11.5 Å². The Balaban J connectivity index is 1.48. The largest absolute Gasteiger partial charge is 0.497 e. The van der Waals surface area contributed by atoms with Crippen LogP contribution >= 0.6 is 0 Å². The van der Waals surface area contributed by atoms with Crippen LogP contribution in [0.1, 0.15) is 35.6 Å². The molecule has 1 unspecified atom stereocenters. The summed E-state index contributed by atoms with van der Waals surface area (Å²) in [4.78, 5) is 12.2. The highest BCUT2D eigenvalue weighted by molar-refractivity contribution is 5.83. The van der Waals surface area contributed by atoms with E-state index in [1.807, 2.05) is 61.5 Å². The molecule has 2 N–H and O–H groups in total. The molecule has 2 aliphatic heterocycles. The van der Waals surface area contributed by atoms with Crippen molar-refractivity contribution >= 4 is 11.7 Å². The van der Waals surface area contributed by atoms with Crippen LogP contribution in [-0.4, -0.2) is 43.5 Å². The van der Waals surface area contributed by atoms with E-state index in [9.17, 15) is 9.90 Å². The smallest absolute Gasteiger partial charge is 0.329 e. The molecule has 0 radical (unpaired) electrons. The minimum atomic E-state index is -1.05. The molecule has 5 rings (SSSR count). The lowest BCUT2D eigenvalue weighted by molar-refractivity contribution is -0.145. The van der Waals surface area contributed by atoms with Gasteiger partial charge in [0.25, 0.3) is 0 Å². The number of aliphatic carboxylic acids is 1. The van der Waals surface area contributed by atoms with Crippen molar-refractivity contribution in [3.8, 4) is 22.6 Å². The second-order valence-corrected chi connectivity index (χ2v) is 9.38. The number of para-hydroxylation sites is 1. The molecule has 0 aliphatic carbocycles. The van der Waals surface area contributed by atoms with E-state index in [2.05, 4.69) is 11.4 Å². The average Bonchev–Trinajstić information content (AvgIpc) is 3.30. The van der Waals surface area contributed by atoms with Crippen LogP contribution in [-0.2, 0) is 20.9 Å². The summed E-state index contributed by atoms with van der Waals surface area (Å²) in [7, 11) is 1.66. The predicted octanol–water partition coefficient (Wildman–Crippen LogP) is 5.37. The quantitative estimate of drug-likeness (QED) is 0.440. The van der Waals surface area contributed by atoms with Crippen molar-refractivity contribution in [1.29, 1.82) is 0 Å². The Labute approximate surface area is 211 Å². The van der Waals surface area contributed by atoms with E-state index in [1.165, 1.54) is 0 Å². The van der Waals surface area contributed by atoms with E-state index in [0.717, 1.165) is 45.0 Å². The molecule has 7 heteroatoms. The number of carboxylic acid groups (broad SMARTS) is 1. The van der Waals surface area contributed by atoms with Crippen LogP contribution in [0.25, 0.3) is 11.1 Å². The fourth-order valence-corrected chi connectivity index (χ4v) is 4.94. The molecule has 1 saturated heterocycles. The number of methoxy groups -OCH3 is 1. The maximum absolute atomic E-state index is 12.2. The molecule has 1 fully saturated rings. The van der Waals surface area contributed by atoms with Crippen molar-refractivity contribution in [2.24, 2.45) is 0 Å². The van der Waals surface area contributed by atoms with Gasteiger partial charge in [-0.2, -0.15) is 0 Å².